The molecule has 0 aliphatic heterocycles. The van der Waals surface area contributed by atoms with Gasteiger partial charge in [0.15, 0.2) is 0 Å². The van der Waals surface area contributed by atoms with E-state index in [4.69, 9.17) is 0 Å². The Hall–Kier alpha value is -1.14. The minimum atomic E-state index is -5.60. The van der Waals surface area contributed by atoms with Crippen LogP contribution in [0, 0.1) is 6.20 Å². The molecule has 0 saturated carbocycles. The van der Waals surface area contributed by atoms with Crippen molar-refractivity contribution in [1.82, 2.24) is 10.2 Å². The lowest BCUT2D eigenvalue weighted by molar-refractivity contribution is -0.290. The summed E-state index contributed by atoms with van der Waals surface area (Å²) in [6.07, 6.45) is -3.78. The lowest BCUT2D eigenvalue weighted by Crippen LogP contribution is -2.33. The summed E-state index contributed by atoms with van der Waals surface area (Å²) >= 11 is 0. The Labute approximate surface area is 63.4 Å². The second-order valence-electron chi connectivity index (χ2n) is 1.98. The molecule has 7 heteroatoms. The maximum Gasteiger partial charge on any atom is 0.459 e. The van der Waals surface area contributed by atoms with Crippen LogP contribution in [-0.4, -0.2) is 16.4 Å². The molecule has 12 heavy (non-hydrogen) atoms. The second kappa shape index (κ2) is 2.43. The Morgan fingerprint density at radius 2 is 1.83 bits per heavy atom. The number of alkyl halides is 5. The number of nitrogens with one attached hydrogen (secondary N) is 1. The molecule has 0 aromatic carbocycles. The molecule has 0 amide bonds. The van der Waals surface area contributed by atoms with Gasteiger partial charge < -0.3 is 0 Å². The molecule has 1 aromatic heterocycles. The summed E-state index contributed by atoms with van der Waals surface area (Å²) in [6, 6.07) is 0.452. The predicted molar refractivity (Wildman–Crippen MR) is 27.4 cm³/mol. The van der Waals surface area contributed by atoms with Crippen molar-refractivity contribution in [3.8, 4) is 0 Å². The Morgan fingerprint density at radius 1 is 1.25 bits per heavy atom. The zero-order valence-corrected chi connectivity index (χ0v) is 5.41. The van der Waals surface area contributed by atoms with Gasteiger partial charge in [-0.3, -0.25) is 5.10 Å². The van der Waals surface area contributed by atoms with Gasteiger partial charge in [0.25, 0.3) is 0 Å². The van der Waals surface area contributed by atoms with E-state index in [2.05, 4.69) is 5.10 Å². The zero-order valence-electron chi connectivity index (χ0n) is 5.41. The lowest BCUT2D eigenvalue weighted by Gasteiger charge is -2.17. The quantitative estimate of drug-likeness (QED) is 0.664. The van der Waals surface area contributed by atoms with Gasteiger partial charge in [-0.2, -0.15) is 27.1 Å². The van der Waals surface area contributed by atoms with Crippen LogP contribution in [0.1, 0.15) is 5.69 Å². The van der Waals surface area contributed by atoms with E-state index in [9.17, 15) is 22.0 Å². The van der Waals surface area contributed by atoms with Crippen LogP contribution in [0.3, 0.4) is 0 Å². The number of aromatic nitrogens is 2. The molecule has 1 N–H and O–H groups in total. The number of hydrogen-bond donors (Lipinski definition) is 1. The number of nitrogens with zero attached hydrogens (tertiary/aromatic N) is 1. The maximum atomic E-state index is 12.3. The van der Waals surface area contributed by atoms with Crippen molar-refractivity contribution in [3.05, 3.63) is 18.0 Å². The van der Waals surface area contributed by atoms with Crippen molar-refractivity contribution in [3.63, 3.8) is 0 Å². The Kier molecular flexibility index (Phi) is 1.81. The minimum absolute atomic E-state index is 0.452. The van der Waals surface area contributed by atoms with E-state index < -0.39 is 17.8 Å². The molecule has 1 heterocycles. The van der Waals surface area contributed by atoms with Crippen LogP contribution in [0.25, 0.3) is 0 Å². The van der Waals surface area contributed by atoms with Crippen LogP contribution in [0.15, 0.2) is 6.07 Å². The van der Waals surface area contributed by atoms with Gasteiger partial charge in [-0.05, 0) is 6.07 Å². The van der Waals surface area contributed by atoms with Crippen LogP contribution in [-0.2, 0) is 5.92 Å². The average molecular weight is 185 g/mol. The highest BCUT2D eigenvalue weighted by Crippen LogP contribution is 2.42. The van der Waals surface area contributed by atoms with Crippen molar-refractivity contribution in [1.29, 1.82) is 0 Å². The van der Waals surface area contributed by atoms with Crippen LogP contribution < -0.4 is 0 Å². The lowest BCUT2D eigenvalue weighted by atomic mass is 10.2. The first kappa shape index (κ1) is 8.95. The topological polar surface area (TPSA) is 28.7 Å². The summed E-state index contributed by atoms with van der Waals surface area (Å²) in [6.45, 7) is 0. The summed E-state index contributed by atoms with van der Waals surface area (Å²) < 4.78 is 59.3. The normalized spacial score (nSPS) is 13.4. The van der Waals surface area contributed by atoms with E-state index in [1.807, 2.05) is 6.20 Å². The summed E-state index contributed by atoms with van der Waals surface area (Å²) in [5.74, 6) is -4.89. The Morgan fingerprint density at radius 3 is 2.17 bits per heavy atom. The molecular formula is C5H2F5N2. The van der Waals surface area contributed by atoms with Crippen molar-refractivity contribution >= 4 is 0 Å². The van der Waals surface area contributed by atoms with Crippen LogP contribution >= 0.6 is 0 Å². The van der Waals surface area contributed by atoms with Gasteiger partial charge in [0.05, 0.1) is 0 Å². The molecule has 0 aliphatic rings. The molecule has 67 valence electrons. The zero-order chi connectivity index (χ0) is 9.41. The van der Waals surface area contributed by atoms with Gasteiger partial charge in [0.1, 0.15) is 11.9 Å². The van der Waals surface area contributed by atoms with Gasteiger partial charge in [0, 0.05) is 0 Å². The molecule has 1 radical (unpaired) electrons. The molecule has 0 spiro atoms. The average Bonchev–Trinajstić information content (AvgIpc) is 2.34. The number of H-pyrrole nitrogens is 1. The first-order chi connectivity index (χ1) is 5.36. The molecule has 0 bridgehead atoms. The van der Waals surface area contributed by atoms with E-state index in [1.54, 1.807) is 0 Å². The third-order valence-corrected chi connectivity index (χ3v) is 1.14. The fourth-order valence-electron chi connectivity index (χ4n) is 0.535. The van der Waals surface area contributed by atoms with E-state index in [0.717, 1.165) is 0 Å². The van der Waals surface area contributed by atoms with Crippen molar-refractivity contribution < 1.29 is 22.0 Å². The SMILES string of the molecule is FC(F)(F)C(F)(F)c1c[c]n[nH]1. The number of hydrogen-bond acceptors (Lipinski definition) is 1. The second-order valence-corrected chi connectivity index (χ2v) is 1.98. The number of rotatable bonds is 1. The smallest absolute Gasteiger partial charge is 0.275 e. The Bertz CT molecular complexity index is 249. The van der Waals surface area contributed by atoms with Gasteiger partial charge in [-0.15, -0.1) is 0 Å². The minimum Gasteiger partial charge on any atom is -0.275 e. The number of halogens is 5. The molecule has 0 aliphatic carbocycles. The summed E-state index contributed by atoms with van der Waals surface area (Å²) in [5.41, 5.74) is -1.31. The molecule has 0 unspecified atom stereocenters. The fourth-order valence-corrected chi connectivity index (χ4v) is 0.535. The van der Waals surface area contributed by atoms with E-state index in [1.165, 1.54) is 5.10 Å². The predicted octanol–water partition coefficient (Wildman–Crippen LogP) is 1.86. The molecule has 1 rings (SSSR count). The largest absolute Gasteiger partial charge is 0.459 e. The summed E-state index contributed by atoms with van der Waals surface area (Å²) in [7, 11) is 0. The van der Waals surface area contributed by atoms with Crippen LogP contribution in [0.4, 0.5) is 22.0 Å². The van der Waals surface area contributed by atoms with E-state index >= 15 is 0 Å². The molecule has 1 aromatic rings. The Balaban J connectivity index is 3.02. The highest BCUT2D eigenvalue weighted by Gasteiger charge is 2.59. The maximum absolute atomic E-state index is 12.3. The van der Waals surface area contributed by atoms with Gasteiger partial charge in [0.2, 0.25) is 0 Å². The van der Waals surface area contributed by atoms with Crippen molar-refractivity contribution in [2.75, 3.05) is 0 Å². The van der Waals surface area contributed by atoms with E-state index in [0.29, 0.717) is 6.07 Å². The monoisotopic (exact) mass is 185 g/mol. The van der Waals surface area contributed by atoms with Gasteiger partial charge in [-0.25, -0.2) is 0 Å². The standard InChI is InChI=1S/C5H2F5N2/c6-4(7,5(8,9)10)3-1-2-11-12-3/h1H,(H,11,12). The van der Waals surface area contributed by atoms with Crippen LogP contribution in [0.2, 0.25) is 0 Å². The first-order valence-electron chi connectivity index (χ1n) is 2.72. The van der Waals surface area contributed by atoms with Crippen LogP contribution in [0.5, 0.6) is 0 Å². The van der Waals surface area contributed by atoms with Crippen molar-refractivity contribution in [2.24, 2.45) is 0 Å². The number of aromatic amines is 1. The fraction of sp³-hybridized carbons (Fsp3) is 0.400. The summed E-state index contributed by atoms with van der Waals surface area (Å²) in [4.78, 5) is 0. The molecule has 0 saturated heterocycles. The van der Waals surface area contributed by atoms with E-state index in [-0.39, 0.29) is 0 Å². The highest BCUT2D eigenvalue weighted by molar-refractivity contribution is 5.07. The molecule has 2 nitrogen and oxygen atoms in total. The first-order valence-corrected chi connectivity index (χ1v) is 2.72. The van der Waals surface area contributed by atoms with Gasteiger partial charge >= 0.3 is 12.1 Å². The summed E-state index contributed by atoms with van der Waals surface area (Å²) in [5, 5.41) is 4.38. The molecule has 0 atom stereocenters. The van der Waals surface area contributed by atoms with Gasteiger partial charge in [-0.1, -0.05) is 0 Å². The van der Waals surface area contributed by atoms with Crippen molar-refractivity contribution in [2.45, 2.75) is 12.1 Å². The molecule has 0 fully saturated rings. The molecular weight excluding hydrogens is 183 g/mol. The third kappa shape index (κ3) is 1.26. The third-order valence-electron chi connectivity index (χ3n) is 1.14. The highest BCUT2D eigenvalue weighted by atomic mass is 19.4.